The molecule has 0 unspecified atom stereocenters. The van der Waals surface area contributed by atoms with Gasteiger partial charge in [0.1, 0.15) is 16.5 Å². The number of methoxy groups -OCH3 is 1. The third kappa shape index (κ3) is 5.03. The smallest absolute Gasteiger partial charge is 0.261 e. The van der Waals surface area contributed by atoms with Crippen molar-refractivity contribution in [3.05, 3.63) is 64.1 Å². The van der Waals surface area contributed by atoms with E-state index in [1.807, 2.05) is 42.6 Å². The minimum atomic E-state index is -0.625. The fourth-order valence-corrected chi connectivity index (χ4v) is 3.47. The van der Waals surface area contributed by atoms with Gasteiger partial charge in [-0.3, -0.25) is 4.79 Å². The highest BCUT2D eigenvalue weighted by Gasteiger charge is 2.15. The highest BCUT2D eigenvalue weighted by molar-refractivity contribution is 7.13. The van der Waals surface area contributed by atoms with E-state index in [1.54, 1.807) is 26.2 Å². The number of ether oxygens (including phenoxy) is 2. The Morgan fingerprint density at radius 3 is 2.61 bits per heavy atom. The zero-order valence-corrected chi connectivity index (χ0v) is 17.4. The lowest BCUT2D eigenvalue weighted by atomic mass is 10.2. The molecule has 0 fully saturated rings. The largest absolute Gasteiger partial charge is 0.497 e. The van der Waals surface area contributed by atoms with Crippen molar-refractivity contribution in [2.24, 2.45) is 0 Å². The third-order valence-electron chi connectivity index (χ3n) is 4.14. The Morgan fingerprint density at radius 1 is 1.21 bits per heavy atom. The number of hydrogen-bond acceptors (Lipinski definition) is 5. The molecule has 3 aromatic rings. The van der Waals surface area contributed by atoms with Crippen LogP contribution in [0.25, 0.3) is 10.6 Å². The summed E-state index contributed by atoms with van der Waals surface area (Å²) in [5.74, 6) is 1.21. The molecular weight excluding hydrogens is 396 g/mol. The second-order valence-electron chi connectivity index (χ2n) is 6.26. The van der Waals surface area contributed by atoms with E-state index in [9.17, 15) is 4.79 Å². The van der Waals surface area contributed by atoms with Crippen LogP contribution in [0.15, 0.2) is 47.8 Å². The van der Waals surface area contributed by atoms with Crippen molar-refractivity contribution in [1.29, 1.82) is 0 Å². The van der Waals surface area contributed by atoms with Crippen LogP contribution in [-0.2, 0) is 11.3 Å². The molecule has 1 atom stereocenters. The molecule has 146 valence electrons. The molecule has 0 aliphatic rings. The number of carbonyl (C=O) groups excluding carboxylic acids is 1. The second-order valence-corrected chi connectivity index (χ2v) is 7.53. The summed E-state index contributed by atoms with van der Waals surface area (Å²) < 4.78 is 10.9. The van der Waals surface area contributed by atoms with Gasteiger partial charge in [0, 0.05) is 16.0 Å². The molecule has 1 heterocycles. The molecule has 0 saturated carbocycles. The molecule has 0 saturated heterocycles. The van der Waals surface area contributed by atoms with Crippen LogP contribution < -0.4 is 14.8 Å². The van der Waals surface area contributed by atoms with E-state index in [0.29, 0.717) is 17.3 Å². The van der Waals surface area contributed by atoms with Crippen molar-refractivity contribution >= 4 is 28.8 Å². The van der Waals surface area contributed by atoms with E-state index in [2.05, 4.69) is 10.3 Å². The molecule has 0 radical (unpaired) electrons. The van der Waals surface area contributed by atoms with Crippen LogP contribution in [0.4, 0.5) is 0 Å². The molecule has 5 nitrogen and oxygen atoms in total. The van der Waals surface area contributed by atoms with Crippen molar-refractivity contribution < 1.29 is 14.3 Å². The van der Waals surface area contributed by atoms with E-state index in [1.165, 1.54) is 11.3 Å². The molecule has 2 aromatic carbocycles. The van der Waals surface area contributed by atoms with Gasteiger partial charge in [-0.25, -0.2) is 4.98 Å². The molecular formula is C21H21ClN2O3S. The fraction of sp³-hybridized carbons (Fsp3) is 0.238. The van der Waals surface area contributed by atoms with Gasteiger partial charge < -0.3 is 14.8 Å². The van der Waals surface area contributed by atoms with Gasteiger partial charge in [-0.05, 0) is 61.9 Å². The Hall–Kier alpha value is -2.57. The number of carbonyl (C=O) groups is 1. The normalized spacial score (nSPS) is 11.7. The molecule has 1 amide bonds. The number of nitrogens with one attached hydrogen (secondary N) is 1. The number of nitrogens with zero attached hydrogens (tertiary/aromatic N) is 1. The van der Waals surface area contributed by atoms with Gasteiger partial charge >= 0.3 is 0 Å². The summed E-state index contributed by atoms with van der Waals surface area (Å²) in [6, 6.07) is 13.0. The predicted molar refractivity (Wildman–Crippen MR) is 112 cm³/mol. The summed E-state index contributed by atoms with van der Waals surface area (Å²) in [4.78, 5) is 16.9. The Balaban J connectivity index is 1.55. The summed E-state index contributed by atoms with van der Waals surface area (Å²) >= 11 is 7.55. The number of hydrogen-bond donors (Lipinski definition) is 1. The van der Waals surface area contributed by atoms with Gasteiger partial charge in [-0.1, -0.05) is 11.6 Å². The second kappa shape index (κ2) is 9.08. The van der Waals surface area contributed by atoms with Gasteiger partial charge in [0.25, 0.3) is 5.91 Å². The predicted octanol–water partition coefficient (Wildman–Crippen LogP) is 4.86. The number of benzene rings is 2. The Kier molecular flexibility index (Phi) is 6.54. The lowest BCUT2D eigenvalue weighted by Gasteiger charge is -2.15. The summed E-state index contributed by atoms with van der Waals surface area (Å²) in [6.07, 6.45) is -0.625. The molecule has 7 heteroatoms. The quantitative estimate of drug-likeness (QED) is 0.597. The number of thiazole rings is 1. The van der Waals surface area contributed by atoms with Crippen molar-refractivity contribution in [2.45, 2.75) is 26.5 Å². The first kappa shape index (κ1) is 20.2. The first-order chi connectivity index (χ1) is 13.5. The van der Waals surface area contributed by atoms with Crippen LogP contribution in [0.5, 0.6) is 11.5 Å². The van der Waals surface area contributed by atoms with Crippen LogP contribution in [0.1, 0.15) is 18.2 Å². The van der Waals surface area contributed by atoms with Crippen LogP contribution >= 0.6 is 22.9 Å². The van der Waals surface area contributed by atoms with E-state index in [0.717, 1.165) is 27.6 Å². The van der Waals surface area contributed by atoms with Gasteiger partial charge in [0.2, 0.25) is 0 Å². The zero-order chi connectivity index (χ0) is 20.1. The minimum absolute atomic E-state index is 0.202. The SMILES string of the molecule is COc1ccc(-c2nc(CNC(=O)[C@@H](C)Oc3ccc(Cl)c(C)c3)cs2)cc1. The van der Waals surface area contributed by atoms with E-state index >= 15 is 0 Å². The summed E-state index contributed by atoms with van der Waals surface area (Å²) in [5, 5.41) is 6.36. The fourth-order valence-electron chi connectivity index (χ4n) is 2.52. The van der Waals surface area contributed by atoms with E-state index in [4.69, 9.17) is 21.1 Å². The molecule has 3 rings (SSSR count). The van der Waals surface area contributed by atoms with Crippen LogP contribution in [-0.4, -0.2) is 24.1 Å². The molecule has 28 heavy (non-hydrogen) atoms. The van der Waals surface area contributed by atoms with Crippen molar-refractivity contribution in [3.8, 4) is 22.1 Å². The zero-order valence-electron chi connectivity index (χ0n) is 15.9. The Labute approximate surface area is 173 Å². The van der Waals surface area contributed by atoms with Gasteiger partial charge in [0.05, 0.1) is 19.3 Å². The molecule has 1 aromatic heterocycles. The van der Waals surface area contributed by atoms with Crippen LogP contribution in [0, 0.1) is 6.92 Å². The maximum atomic E-state index is 12.3. The number of halogens is 1. The number of aryl methyl sites for hydroxylation is 1. The van der Waals surface area contributed by atoms with Crippen molar-refractivity contribution in [3.63, 3.8) is 0 Å². The third-order valence-corrected chi connectivity index (χ3v) is 5.51. The average Bonchev–Trinajstić information content (AvgIpc) is 3.18. The van der Waals surface area contributed by atoms with Gasteiger partial charge in [0.15, 0.2) is 6.10 Å². The number of rotatable bonds is 7. The van der Waals surface area contributed by atoms with E-state index in [-0.39, 0.29) is 5.91 Å². The maximum absolute atomic E-state index is 12.3. The number of amides is 1. The highest BCUT2D eigenvalue weighted by atomic mass is 35.5. The maximum Gasteiger partial charge on any atom is 0.261 e. The first-order valence-electron chi connectivity index (χ1n) is 8.75. The van der Waals surface area contributed by atoms with Crippen LogP contribution in [0.2, 0.25) is 5.02 Å². The van der Waals surface area contributed by atoms with Crippen molar-refractivity contribution in [2.75, 3.05) is 7.11 Å². The monoisotopic (exact) mass is 416 g/mol. The van der Waals surface area contributed by atoms with E-state index < -0.39 is 6.10 Å². The first-order valence-corrected chi connectivity index (χ1v) is 10.0. The topological polar surface area (TPSA) is 60.5 Å². The molecule has 0 bridgehead atoms. The Bertz CT molecular complexity index is 957. The molecule has 0 aliphatic carbocycles. The highest BCUT2D eigenvalue weighted by Crippen LogP contribution is 2.26. The minimum Gasteiger partial charge on any atom is -0.497 e. The van der Waals surface area contributed by atoms with Gasteiger partial charge in [-0.15, -0.1) is 11.3 Å². The van der Waals surface area contributed by atoms with Crippen molar-refractivity contribution in [1.82, 2.24) is 10.3 Å². The lowest BCUT2D eigenvalue weighted by Crippen LogP contribution is -2.36. The summed E-state index contributed by atoms with van der Waals surface area (Å²) in [5.41, 5.74) is 2.72. The van der Waals surface area contributed by atoms with Crippen LogP contribution in [0.3, 0.4) is 0 Å². The standard InChI is InChI=1S/C21H21ClN2O3S/c1-13-10-18(8-9-19(13)22)27-14(2)20(25)23-11-16-12-28-21(24-16)15-4-6-17(26-3)7-5-15/h4-10,12,14H,11H2,1-3H3,(H,23,25)/t14-/m1/s1. The summed E-state index contributed by atoms with van der Waals surface area (Å²) in [7, 11) is 1.64. The lowest BCUT2D eigenvalue weighted by molar-refractivity contribution is -0.127. The average molecular weight is 417 g/mol. The summed E-state index contributed by atoms with van der Waals surface area (Å²) in [6.45, 7) is 3.95. The molecule has 1 N–H and O–H groups in total. The molecule has 0 aliphatic heterocycles. The van der Waals surface area contributed by atoms with Gasteiger partial charge in [-0.2, -0.15) is 0 Å². The Morgan fingerprint density at radius 2 is 1.93 bits per heavy atom. The molecule has 0 spiro atoms. The number of aromatic nitrogens is 1.